The molecule has 17 heavy (non-hydrogen) atoms. The van der Waals surface area contributed by atoms with E-state index < -0.39 is 24.6 Å². The minimum absolute atomic E-state index is 0.110. The highest BCUT2D eigenvalue weighted by atomic mass is 32.1. The van der Waals surface area contributed by atoms with E-state index >= 15 is 0 Å². The predicted octanol–water partition coefficient (Wildman–Crippen LogP) is 0.344. The first-order valence-corrected chi connectivity index (χ1v) is 4.98. The second-order valence-electron chi connectivity index (χ2n) is 2.84. The van der Waals surface area contributed by atoms with Crippen LogP contribution < -0.4 is 5.32 Å². The van der Waals surface area contributed by atoms with Crippen molar-refractivity contribution < 1.29 is 27.9 Å². The van der Waals surface area contributed by atoms with Gasteiger partial charge in [-0.05, 0) is 0 Å². The zero-order chi connectivity index (χ0) is 13.1. The number of halogens is 3. The Hall–Kier alpha value is -1.71. The number of aromatic nitrogens is 2. The largest absolute Gasteiger partial charge is 0.481 e. The Labute approximate surface area is 96.5 Å². The van der Waals surface area contributed by atoms with Crippen molar-refractivity contribution in [3.63, 3.8) is 0 Å². The summed E-state index contributed by atoms with van der Waals surface area (Å²) in [5, 5.41) is 17.2. The van der Waals surface area contributed by atoms with E-state index in [2.05, 4.69) is 10.2 Å². The van der Waals surface area contributed by atoms with Crippen LogP contribution in [-0.2, 0) is 22.6 Å². The molecule has 0 saturated heterocycles. The second-order valence-corrected chi connectivity index (χ2v) is 3.99. The normalized spacial score (nSPS) is 11.2. The highest BCUT2D eigenvalue weighted by Gasteiger charge is 2.38. The van der Waals surface area contributed by atoms with Gasteiger partial charge in [-0.15, -0.1) is 10.2 Å². The average Bonchev–Trinajstić information content (AvgIpc) is 2.59. The Kier molecular flexibility index (Phi) is 3.99. The van der Waals surface area contributed by atoms with Gasteiger partial charge in [-0.25, -0.2) is 0 Å². The highest BCUT2D eigenvalue weighted by molar-refractivity contribution is 7.11. The van der Waals surface area contributed by atoms with Gasteiger partial charge in [-0.1, -0.05) is 11.3 Å². The number of carbonyl (C=O) groups is 2. The van der Waals surface area contributed by atoms with E-state index in [9.17, 15) is 22.8 Å². The van der Waals surface area contributed by atoms with Crippen molar-refractivity contribution in [1.82, 2.24) is 15.5 Å². The lowest BCUT2D eigenvalue weighted by Crippen LogP contribution is -2.36. The monoisotopic (exact) mass is 269 g/mol. The highest BCUT2D eigenvalue weighted by Crippen LogP contribution is 2.15. The Morgan fingerprint density at radius 3 is 2.41 bits per heavy atom. The smallest absolute Gasteiger partial charge is 0.471 e. The van der Waals surface area contributed by atoms with Crippen molar-refractivity contribution >= 4 is 23.2 Å². The van der Waals surface area contributed by atoms with Crippen LogP contribution in [0.3, 0.4) is 0 Å². The van der Waals surface area contributed by atoms with Crippen LogP contribution >= 0.6 is 11.3 Å². The molecule has 2 N–H and O–H groups in total. The molecule has 1 heterocycles. The predicted molar refractivity (Wildman–Crippen MR) is 49.2 cm³/mol. The summed E-state index contributed by atoms with van der Waals surface area (Å²) in [7, 11) is 0. The van der Waals surface area contributed by atoms with Crippen molar-refractivity contribution in [2.24, 2.45) is 0 Å². The van der Waals surface area contributed by atoms with Crippen LogP contribution in [0.5, 0.6) is 0 Å². The molecule has 0 radical (unpaired) electrons. The lowest BCUT2D eigenvalue weighted by atomic mass is 10.5. The molecule has 0 aliphatic rings. The van der Waals surface area contributed by atoms with Crippen molar-refractivity contribution in [2.75, 3.05) is 0 Å². The second kappa shape index (κ2) is 5.08. The van der Waals surface area contributed by atoms with Crippen LogP contribution in [0, 0.1) is 0 Å². The number of nitrogens with zero attached hydrogens (tertiary/aromatic N) is 2. The van der Waals surface area contributed by atoms with Crippen LogP contribution in [0.4, 0.5) is 13.2 Å². The number of carbonyl (C=O) groups excluding carboxylic acids is 1. The maximum absolute atomic E-state index is 11.8. The van der Waals surface area contributed by atoms with Gasteiger partial charge in [0, 0.05) is 0 Å². The van der Waals surface area contributed by atoms with Crippen LogP contribution in [0.2, 0.25) is 0 Å². The summed E-state index contributed by atoms with van der Waals surface area (Å²) in [5.74, 6) is -3.19. The molecule has 0 spiro atoms. The standard InChI is InChI=1S/C7H6F3N3O3S/c8-7(9,10)6(16)11-2-4-13-12-3(17-4)1-5(14)15/h1-2H2,(H,11,16)(H,14,15). The number of rotatable bonds is 4. The Morgan fingerprint density at radius 2 is 1.88 bits per heavy atom. The molecule has 1 aromatic rings. The van der Waals surface area contributed by atoms with E-state index in [1.807, 2.05) is 0 Å². The van der Waals surface area contributed by atoms with Crippen LogP contribution in [0.1, 0.15) is 10.0 Å². The molecular formula is C7H6F3N3O3S. The van der Waals surface area contributed by atoms with Crippen LogP contribution in [0.25, 0.3) is 0 Å². The van der Waals surface area contributed by atoms with Crippen molar-refractivity contribution in [3.05, 3.63) is 10.0 Å². The maximum Gasteiger partial charge on any atom is 0.471 e. The lowest BCUT2D eigenvalue weighted by Gasteiger charge is -2.05. The van der Waals surface area contributed by atoms with Gasteiger partial charge in [-0.2, -0.15) is 13.2 Å². The summed E-state index contributed by atoms with van der Waals surface area (Å²) in [6, 6.07) is 0. The van der Waals surface area contributed by atoms with Gasteiger partial charge in [0.05, 0.1) is 13.0 Å². The summed E-state index contributed by atoms with van der Waals surface area (Å²) < 4.78 is 35.4. The molecule has 0 aliphatic heterocycles. The fourth-order valence-corrected chi connectivity index (χ4v) is 1.59. The van der Waals surface area contributed by atoms with Crippen molar-refractivity contribution in [2.45, 2.75) is 19.1 Å². The first-order chi connectivity index (χ1) is 7.79. The third-order valence-corrected chi connectivity index (χ3v) is 2.39. The molecule has 94 valence electrons. The molecule has 6 nitrogen and oxygen atoms in total. The Morgan fingerprint density at radius 1 is 1.29 bits per heavy atom. The molecule has 1 amide bonds. The Balaban J connectivity index is 2.50. The zero-order valence-electron chi connectivity index (χ0n) is 8.11. The van der Waals surface area contributed by atoms with E-state index in [-0.39, 0.29) is 16.4 Å². The third-order valence-electron chi connectivity index (χ3n) is 1.47. The summed E-state index contributed by atoms with van der Waals surface area (Å²) >= 11 is 0.829. The number of nitrogens with one attached hydrogen (secondary N) is 1. The molecule has 10 heteroatoms. The maximum atomic E-state index is 11.8. The molecule has 0 bridgehead atoms. The van der Waals surface area contributed by atoms with Gasteiger partial charge in [0.2, 0.25) is 0 Å². The topological polar surface area (TPSA) is 92.2 Å². The first kappa shape index (κ1) is 13.4. The van der Waals surface area contributed by atoms with Gasteiger partial charge in [-0.3, -0.25) is 9.59 Å². The van der Waals surface area contributed by atoms with Gasteiger partial charge in [0.15, 0.2) is 0 Å². The van der Waals surface area contributed by atoms with Crippen LogP contribution in [-0.4, -0.2) is 33.4 Å². The number of carboxylic acids is 1. The van der Waals surface area contributed by atoms with Gasteiger partial charge >= 0.3 is 18.1 Å². The third kappa shape index (κ3) is 4.34. The number of hydrogen-bond acceptors (Lipinski definition) is 5. The van der Waals surface area contributed by atoms with E-state index in [0.29, 0.717) is 0 Å². The minimum atomic E-state index is -4.95. The van der Waals surface area contributed by atoms with E-state index in [1.54, 1.807) is 5.32 Å². The molecule has 0 unspecified atom stereocenters. The number of hydrogen-bond donors (Lipinski definition) is 2. The first-order valence-electron chi connectivity index (χ1n) is 4.17. The molecule has 0 fully saturated rings. The van der Waals surface area contributed by atoms with Crippen molar-refractivity contribution in [3.8, 4) is 0 Å². The Bertz CT molecular complexity index is 431. The van der Waals surface area contributed by atoms with Crippen LogP contribution in [0.15, 0.2) is 0 Å². The molecule has 1 aromatic heterocycles. The van der Waals surface area contributed by atoms with E-state index in [0.717, 1.165) is 11.3 Å². The number of aliphatic carboxylic acids is 1. The lowest BCUT2D eigenvalue weighted by molar-refractivity contribution is -0.173. The summed E-state index contributed by atoms with van der Waals surface area (Å²) in [6.07, 6.45) is -5.31. The average molecular weight is 269 g/mol. The fraction of sp³-hybridized carbons (Fsp3) is 0.429. The SMILES string of the molecule is O=C(O)Cc1nnc(CNC(=O)C(F)(F)F)s1. The number of alkyl halides is 3. The molecule has 0 saturated carbocycles. The van der Waals surface area contributed by atoms with E-state index in [1.165, 1.54) is 0 Å². The van der Waals surface area contributed by atoms with Gasteiger partial charge < -0.3 is 10.4 Å². The van der Waals surface area contributed by atoms with Gasteiger partial charge in [0.25, 0.3) is 0 Å². The molecule has 1 rings (SSSR count). The molecule has 0 atom stereocenters. The number of carboxylic acid groups (broad SMARTS) is 1. The summed E-state index contributed by atoms with van der Waals surface area (Å²) in [6.45, 7) is -0.435. The molecule has 0 aromatic carbocycles. The quantitative estimate of drug-likeness (QED) is 0.822. The van der Waals surface area contributed by atoms with E-state index in [4.69, 9.17) is 5.11 Å². The molecular weight excluding hydrogens is 263 g/mol. The van der Waals surface area contributed by atoms with Gasteiger partial charge in [0.1, 0.15) is 10.0 Å². The summed E-state index contributed by atoms with van der Waals surface area (Å²) in [5.41, 5.74) is 0. The number of amides is 1. The minimum Gasteiger partial charge on any atom is -0.481 e. The summed E-state index contributed by atoms with van der Waals surface area (Å²) in [4.78, 5) is 20.7. The fourth-order valence-electron chi connectivity index (χ4n) is 0.817. The zero-order valence-corrected chi connectivity index (χ0v) is 8.93. The molecule has 0 aliphatic carbocycles. The van der Waals surface area contributed by atoms with Crippen molar-refractivity contribution in [1.29, 1.82) is 0 Å².